The number of aryl methyl sites for hydroxylation is 1. The van der Waals surface area contributed by atoms with Gasteiger partial charge in [0.25, 0.3) is 5.91 Å². The molecule has 0 spiro atoms. The minimum absolute atomic E-state index is 0.129. The molecular weight excluding hydrogens is 490 g/mol. The minimum Gasteiger partial charge on any atom is -0.345 e. The average molecular weight is 514 g/mol. The van der Waals surface area contributed by atoms with Gasteiger partial charge in [-0.1, -0.05) is 49.0 Å². The number of hydrogen-bond acceptors (Lipinski definition) is 5. The Hall–Kier alpha value is -2.91. The van der Waals surface area contributed by atoms with Gasteiger partial charge in [-0.2, -0.15) is 0 Å². The molecular formula is C23H24BrN5O2S. The molecule has 0 aliphatic rings. The van der Waals surface area contributed by atoms with Crippen molar-refractivity contribution in [2.24, 2.45) is 0 Å². The van der Waals surface area contributed by atoms with E-state index in [2.05, 4.69) is 50.3 Å². The first-order valence-electron chi connectivity index (χ1n) is 10.1. The molecule has 0 aliphatic carbocycles. The molecule has 0 radical (unpaired) electrons. The van der Waals surface area contributed by atoms with Gasteiger partial charge in [-0.25, -0.2) is 0 Å². The molecule has 7 nitrogen and oxygen atoms in total. The lowest BCUT2D eigenvalue weighted by atomic mass is 10.1. The Morgan fingerprint density at radius 2 is 1.91 bits per heavy atom. The van der Waals surface area contributed by atoms with Gasteiger partial charge in [0.2, 0.25) is 5.91 Å². The summed E-state index contributed by atoms with van der Waals surface area (Å²) in [4.78, 5) is 24.8. The van der Waals surface area contributed by atoms with Gasteiger partial charge >= 0.3 is 0 Å². The van der Waals surface area contributed by atoms with Gasteiger partial charge in [-0.05, 0) is 52.2 Å². The normalized spacial score (nSPS) is 10.6. The zero-order valence-electron chi connectivity index (χ0n) is 17.7. The minimum atomic E-state index is -0.215. The molecule has 0 saturated heterocycles. The fraction of sp³-hybridized carbons (Fsp3) is 0.217. The van der Waals surface area contributed by atoms with E-state index in [-0.39, 0.29) is 24.1 Å². The molecule has 3 aromatic rings. The third kappa shape index (κ3) is 6.30. The predicted octanol–water partition coefficient (Wildman–Crippen LogP) is 4.45. The van der Waals surface area contributed by atoms with Crippen LogP contribution >= 0.6 is 27.7 Å². The van der Waals surface area contributed by atoms with Crippen LogP contribution in [0.5, 0.6) is 0 Å². The number of hydrogen-bond donors (Lipinski definition) is 2. The summed E-state index contributed by atoms with van der Waals surface area (Å²) in [5.74, 6) is 0.432. The van der Waals surface area contributed by atoms with Gasteiger partial charge < -0.3 is 15.2 Å². The lowest BCUT2D eigenvalue weighted by Crippen LogP contribution is -2.25. The van der Waals surface area contributed by atoms with E-state index in [1.54, 1.807) is 18.2 Å². The summed E-state index contributed by atoms with van der Waals surface area (Å²) >= 11 is 4.67. The fourth-order valence-electron chi connectivity index (χ4n) is 2.92. The zero-order valence-corrected chi connectivity index (χ0v) is 20.1. The molecule has 3 rings (SSSR count). The number of carbonyl (C=O) groups is 2. The number of thioether (sulfide) groups is 1. The number of halogens is 1. The first kappa shape index (κ1) is 23.7. The van der Waals surface area contributed by atoms with Gasteiger partial charge in [0.15, 0.2) is 11.0 Å². The standard InChI is InChI=1S/C23H24BrN5O2S/c1-3-13-29-20(14-25-22(31)18-7-5-6-8-19(18)24)27-28-23(29)32-15-21(30)26-17-11-9-16(4-2)10-12-17/h3,5-12H,1,4,13-15H2,2H3,(H,25,31)(H,26,30). The van der Waals surface area contributed by atoms with Crippen molar-refractivity contribution in [3.05, 3.63) is 82.6 Å². The van der Waals surface area contributed by atoms with Gasteiger partial charge in [0.1, 0.15) is 0 Å². The summed E-state index contributed by atoms with van der Waals surface area (Å²) in [6, 6.07) is 15.0. The van der Waals surface area contributed by atoms with Crippen molar-refractivity contribution < 1.29 is 9.59 Å². The van der Waals surface area contributed by atoms with Crippen molar-refractivity contribution in [3.8, 4) is 0 Å². The van der Waals surface area contributed by atoms with Crippen LogP contribution in [0, 0.1) is 0 Å². The summed E-state index contributed by atoms with van der Waals surface area (Å²) in [5.41, 5.74) is 2.52. The first-order valence-corrected chi connectivity index (χ1v) is 11.9. The molecule has 2 amide bonds. The maximum atomic E-state index is 12.5. The Morgan fingerprint density at radius 1 is 1.16 bits per heavy atom. The van der Waals surface area contributed by atoms with E-state index in [1.165, 1.54) is 17.3 Å². The molecule has 1 aromatic heterocycles. The molecule has 1 heterocycles. The summed E-state index contributed by atoms with van der Waals surface area (Å²) in [6.07, 6.45) is 2.68. The Balaban J connectivity index is 1.59. The topological polar surface area (TPSA) is 88.9 Å². The molecule has 0 fully saturated rings. The average Bonchev–Trinajstić information content (AvgIpc) is 3.18. The van der Waals surface area contributed by atoms with E-state index in [0.717, 1.165) is 16.6 Å². The number of nitrogens with zero attached hydrogens (tertiary/aromatic N) is 3. The van der Waals surface area contributed by atoms with Crippen molar-refractivity contribution in [3.63, 3.8) is 0 Å². The van der Waals surface area contributed by atoms with Gasteiger partial charge in [0.05, 0.1) is 17.9 Å². The smallest absolute Gasteiger partial charge is 0.252 e. The number of carbonyl (C=O) groups excluding carboxylic acids is 2. The fourth-order valence-corrected chi connectivity index (χ4v) is 4.15. The van der Waals surface area contributed by atoms with E-state index >= 15 is 0 Å². The number of nitrogens with one attached hydrogen (secondary N) is 2. The number of allylic oxidation sites excluding steroid dienone is 1. The van der Waals surface area contributed by atoms with Gasteiger partial charge in [-0.3, -0.25) is 9.59 Å². The van der Waals surface area contributed by atoms with Crippen molar-refractivity contribution in [2.45, 2.75) is 31.6 Å². The number of anilines is 1. The van der Waals surface area contributed by atoms with Crippen molar-refractivity contribution in [1.29, 1.82) is 0 Å². The van der Waals surface area contributed by atoms with Crippen LogP contribution < -0.4 is 10.6 Å². The molecule has 2 N–H and O–H groups in total. The van der Waals surface area contributed by atoms with E-state index < -0.39 is 0 Å². The highest BCUT2D eigenvalue weighted by Crippen LogP contribution is 2.19. The molecule has 0 unspecified atom stereocenters. The number of amides is 2. The second-order valence-corrected chi connectivity index (χ2v) is 8.64. The second-order valence-electron chi connectivity index (χ2n) is 6.85. The molecule has 166 valence electrons. The molecule has 32 heavy (non-hydrogen) atoms. The lowest BCUT2D eigenvalue weighted by molar-refractivity contribution is -0.113. The maximum Gasteiger partial charge on any atom is 0.252 e. The highest BCUT2D eigenvalue weighted by atomic mass is 79.9. The van der Waals surface area contributed by atoms with Crippen LogP contribution in [0.2, 0.25) is 0 Å². The summed E-state index contributed by atoms with van der Waals surface area (Å²) < 4.78 is 2.55. The summed E-state index contributed by atoms with van der Waals surface area (Å²) in [6.45, 7) is 6.54. The van der Waals surface area contributed by atoms with Gasteiger partial charge in [0, 0.05) is 16.7 Å². The molecule has 0 saturated carbocycles. The largest absolute Gasteiger partial charge is 0.345 e. The molecule has 0 atom stereocenters. The van der Waals surface area contributed by atoms with E-state index in [1.807, 2.05) is 41.0 Å². The zero-order chi connectivity index (χ0) is 22.9. The lowest BCUT2D eigenvalue weighted by Gasteiger charge is -2.10. The summed E-state index contributed by atoms with van der Waals surface area (Å²) in [7, 11) is 0. The molecule has 0 aliphatic heterocycles. The van der Waals surface area contributed by atoms with Crippen LogP contribution in [0.15, 0.2) is 70.8 Å². The SMILES string of the molecule is C=CCn1c(CNC(=O)c2ccccc2Br)nnc1SCC(=O)Nc1ccc(CC)cc1. The van der Waals surface area contributed by atoms with Crippen LogP contribution in [-0.4, -0.2) is 32.3 Å². The van der Waals surface area contributed by atoms with Crippen LogP contribution in [0.1, 0.15) is 28.7 Å². The second kappa shape index (κ2) is 11.6. The number of rotatable bonds is 10. The van der Waals surface area contributed by atoms with Crippen LogP contribution in [0.3, 0.4) is 0 Å². The summed E-state index contributed by atoms with van der Waals surface area (Å²) in [5, 5.41) is 14.7. The van der Waals surface area contributed by atoms with Gasteiger partial charge in [-0.15, -0.1) is 16.8 Å². The highest BCUT2D eigenvalue weighted by molar-refractivity contribution is 9.10. The Kier molecular flexibility index (Phi) is 8.64. The van der Waals surface area contributed by atoms with E-state index in [9.17, 15) is 9.59 Å². The van der Waals surface area contributed by atoms with Crippen LogP contribution in [-0.2, 0) is 24.3 Å². The molecule has 0 bridgehead atoms. The Labute approximate surface area is 199 Å². The van der Waals surface area contributed by atoms with E-state index in [4.69, 9.17) is 0 Å². The monoisotopic (exact) mass is 513 g/mol. The van der Waals surface area contributed by atoms with E-state index in [0.29, 0.717) is 23.1 Å². The number of aromatic nitrogens is 3. The van der Waals surface area contributed by atoms with Crippen molar-refractivity contribution >= 4 is 45.2 Å². The molecule has 9 heteroatoms. The van der Waals surface area contributed by atoms with Crippen molar-refractivity contribution in [1.82, 2.24) is 20.1 Å². The van der Waals surface area contributed by atoms with Crippen LogP contribution in [0.25, 0.3) is 0 Å². The third-order valence-corrected chi connectivity index (χ3v) is 6.27. The van der Waals surface area contributed by atoms with Crippen LogP contribution in [0.4, 0.5) is 5.69 Å². The number of benzene rings is 2. The quantitative estimate of drug-likeness (QED) is 0.308. The molecule has 2 aromatic carbocycles. The maximum absolute atomic E-state index is 12.5. The first-order chi connectivity index (χ1) is 15.5. The Morgan fingerprint density at radius 3 is 2.59 bits per heavy atom. The highest BCUT2D eigenvalue weighted by Gasteiger charge is 2.15. The third-order valence-electron chi connectivity index (χ3n) is 4.61. The van der Waals surface area contributed by atoms with Crippen molar-refractivity contribution in [2.75, 3.05) is 11.1 Å². The Bertz CT molecular complexity index is 1100. The predicted molar refractivity (Wildman–Crippen MR) is 131 cm³/mol.